The van der Waals surface area contributed by atoms with Gasteiger partial charge < -0.3 is 15.0 Å². The lowest BCUT2D eigenvalue weighted by Crippen LogP contribution is -2.37. The number of rotatable bonds is 6. The number of halogens is 5. The number of nitrogens with one attached hydrogen (secondary N) is 2. The van der Waals surface area contributed by atoms with Gasteiger partial charge in [0.1, 0.15) is 0 Å². The second-order valence-corrected chi connectivity index (χ2v) is 7.98. The smallest absolute Gasteiger partial charge is 0.378 e. The molecular weight excluding hydrogens is 522 g/mol. The van der Waals surface area contributed by atoms with E-state index in [0.717, 1.165) is 18.3 Å². The fourth-order valence-electron chi connectivity index (χ4n) is 3.10. The number of hydrogen-bond acceptors (Lipinski definition) is 8. The number of morpholine rings is 1. The van der Waals surface area contributed by atoms with Crippen molar-refractivity contribution in [1.29, 1.82) is 0 Å². The maximum Gasteiger partial charge on any atom is 0.416 e. The third-order valence-corrected chi connectivity index (χ3v) is 5.40. The van der Waals surface area contributed by atoms with Crippen molar-refractivity contribution in [1.82, 2.24) is 15.0 Å². The monoisotopic (exact) mass is 539 g/mol. The van der Waals surface area contributed by atoms with Crippen LogP contribution in [-0.4, -0.2) is 47.5 Å². The minimum Gasteiger partial charge on any atom is -0.378 e. The third-order valence-electron chi connectivity index (χ3n) is 4.74. The first kappa shape index (κ1) is 23.8. The molecule has 0 atom stereocenters. The van der Waals surface area contributed by atoms with Gasteiger partial charge >= 0.3 is 6.18 Å². The normalized spacial score (nSPS) is 14.4. The molecule has 3 aromatic rings. The van der Waals surface area contributed by atoms with E-state index in [1.807, 2.05) is 0 Å². The lowest BCUT2D eigenvalue weighted by molar-refractivity contribution is -0.137. The highest BCUT2D eigenvalue weighted by Crippen LogP contribution is 2.32. The van der Waals surface area contributed by atoms with E-state index in [4.69, 9.17) is 4.74 Å². The summed E-state index contributed by atoms with van der Waals surface area (Å²) < 4.78 is 58.7. The highest BCUT2D eigenvalue weighted by Gasteiger charge is 2.30. The molecule has 0 unspecified atom stereocenters. The second kappa shape index (κ2) is 10.3. The zero-order valence-corrected chi connectivity index (χ0v) is 19.1. The summed E-state index contributed by atoms with van der Waals surface area (Å²) >= 11 is 3.37. The molecule has 13 heteroatoms. The maximum atomic E-state index is 14.1. The van der Waals surface area contributed by atoms with E-state index in [-0.39, 0.29) is 17.5 Å². The number of anilines is 4. The summed E-state index contributed by atoms with van der Waals surface area (Å²) in [6, 6.07) is 6.49. The van der Waals surface area contributed by atoms with Gasteiger partial charge in [0.15, 0.2) is 11.6 Å². The van der Waals surface area contributed by atoms with Crippen molar-refractivity contribution in [2.24, 2.45) is 5.10 Å². The van der Waals surface area contributed by atoms with E-state index in [9.17, 15) is 17.6 Å². The fourth-order valence-corrected chi connectivity index (χ4v) is 3.54. The molecule has 8 nitrogen and oxygen atoms in total. The Morgan fingerprint density at radius 3 is 2.65 bits per heavy atom. The molecule has 1 aliphatic heterocycles. The molecule has 0 aliphatic carbocycles. The largest absolute Gasteiger partial charge is 0.416 e. The minimum atomic E-state index is -4.43. The van der Waals surface area contributed by atoms with Gasteiger partial charge in [-0.2, -0.15) is 23.3 Å². The Bertz CT molecular complexity index is 1190. The van der Waals surface area contributed by atoms with Crippen LogP contribution in [0.4, 0.5) is 40.7 Å². The van der Waals surface area contributed by atoms with Crippen molar-refractivity contribution >= 4 is 45.3 Å². The van der Waals surface area contributed by atoms with E-state index >= 15 is 0 Å². The maximum absolute atomic E-state index is 14.1. The molecule has 4 rings (SSSR count). The number of hydrogen-bond donors (Lipinski definition) is 2. The highest BCUT2D eigenvalue weighted by atomic mass is 79.9. The summed E-state index contributed by atoms with van der Waals surface area (Å²) in [7, 11) is 0. The van der Waals surface area contributed by atoms with Gasteiger partial charge in [-0.25, -0.2) is 14.8 Å². The number of aromatic nitrogens is 3. The Hall–Kier alpha value is -3.32. The van der Waals surface area contributed by atoms with Gasteiger partial charge in [0.05, 0.1) is 48.8 Å². The van der Waals surface area contributed by atoms with Gasteiger partial charge in [0.25, 0.3) is 0 Å². The van der Waals surface area contributed by atoms with E-state index in [1.54, 1.807) is 11.0 Å². The molecule has 2 N–H and O–H groups in total. The zero-order chi connectivity index (χ0) is 24.1. The highest BCUT2D eigenvalue weighted by molar-refractivity contribution is 9.10. The van der Waals surface area contributed by atoms with Crippen LogP contribution in [0.1, 0.15) is 11.3 Å². The number of hydrazone groups is 1. The Balaban J connectivity index is 1.41. The molecule has 1 aliphatic rings. The summed E-state index contributed by atoms with van der Waals surface area (Å²) in [5.41, 5.74) is 3.08. The second-order valence-electron chi connectivity index (χ2n) is 7.13. The van der Waals surface area contributed by atoms with Crippen molar-refractivity contribution in [2.45, 2.75) is 6.18 Å². The topological polar surface area (TPSA) is 87.6 Å². The van der Waals surface area contributed by atoms with E-state index in [0.29, 0.717) is 42.2 Å². The third kappa shape index (κ3) is 5.97. The van der Waals surface area contributed by atoms with Gasteiger partial charge in [-0.15, -0.1) is 0 Å². The number of pyridine rings is 1. The Morgan fingerprint density at radius 2 is 1.91 bits per heavy atom. The first-order valence-corrected chi connectivity index (χ1v) is 10.8. The quantitative estimate of drug-likeness (QED) is 0.264. The molecule has 3 heterocycles. The molecule has 34 heavy (non-hydrogen) atoms. The van der Waals surface area contributed by atoms with Crippen molar-refractivity contribution in [3.05, 3.63) is 64.3 Å². The van der Waals surface area contributed by atoms with Gasteiger partial charge in [-0.05, 0) is 40.2 Å². The van der Waals surface area contributed by atoms with E-state index in [1.165, 1.54) is 24.5 Å². The van der Waals surface area contributed by atoms with Crippen molar-refractivity contribution in [3.63, 3.8) is 0 Å². The van der Waals surface area contributed by atoms with Crippen LogP contribution in [0.15, 0.2) is 52.3 Å². The molecule has 0 saturated carbocycles. The van der Waals surface area contributed by atoms with Crippen LogP contribution >= 0.6 is 15.9 Å². The molecule has 1 aromatic carbocycles. The van der Waals surface area contributed by atoms with E-state index in [2.05, 4.69) is 46.7 Å². The van der Waals surface area contributed by atoms with Crippen LogP contribution in [0.25, 0.3) is 0 Å². The summed E-state index contributed by atoms with van der Waals surface area (Å²) in [5, 5.41) is 6.92. The van der Waals surface area contributed by atoms with Crippen molar-refractivity contribution in [3.8, 4) is 0 Å². The average molecular weight is 540 g/mol. The number of benzene rings is 1. The summed E-state index contributed by atoms with van der Waals surface area (Å²) in [6.45, 7) is 2.03. The molecule has 1 fully saturated rings. The average Bonchev–Trinajstić information content (AvgIpc) is 2.82. The lowest BCUT2D eigenvalue weighted by Gasteiger charge is -2.27. The Labute approximate surface area is 200 Å². The van der Waals surface area contributed by atoms with Crippen LogP contribution in [0.2, 0.25) is 0 Å². The molecule has 0 amide bonds. The Morgan fingerprint density at radius 1 is 1.12 bits per heavy atom. The fraction of sp³-hybridized carbons (Fsp3) is 0.238. The Kier molecular flexibility index (Phi) is 7.22. The van der Waals surface area contributed by atoms with Gasteiger partial charge in [0, 0.05) is 23.2 Å². The lowest BCUT2D eigenvalue weighted by atomic mass is 10.2. The zero-order valence-electron chi connectivity index (χ0n) is 17.5. The van der Waals surface area contributed by atoms with Crippen LogP contribution < -0.4 is 15.6 Å². The van der Waals surface area contributed by atoms with Crippen molar-refractivity contribution < 1.29 is 22.3 Å². The molecule has 2 aromatic heterocycles. The van der Waals surface area contributed by atoms with Gasteiger partial charge in [-0.1, -0.05) is 6.07 Å². The summed E-state index contributed by atoms with van der Waals surface area (Å²) in [5.74, 6) is -0.256. The minimum absolute atomic E-state index is 0.112. The predicted molar refractivity (Wildman–Crippen MR) is 123 cm³/mol. The summed E-state index contributed by atoms with van der Waals surface area (Å²) in [4.78, 5) is 14.0. The standard InChI is InChI=1S/C21H18BrF4N7O/c22-16-9-15(27-12-18(16)30-14-3-1-2-13(8-14)21(24,25)26)10-29-32-20-28-11-17(23)19(31-20)33-4-6-34-7-5-33/h1-3,8-12,30H,4-7H2,(H,28,31,32)/b29-10+. The van der Waals surface area contributed by atoms with Crippen molar-refractivity contribution in [2.75, 3.05) is 41.9 Å². The molecule has 1 saturated heterocycles. The van der Waals surface area contributed by atoms with E-state index < -0.39 is 17.6 Å². The van der Waals surface area contributed by atoms with Crippen LogP contribution in [0.5, 0.6) is 0 Å². The van der Waals surface area contributed by atoms with Crippen LogP contribution in [0, 0.1) is 5.82 Å². The number of ether oxygens (including phenoxy) is 1. The first-order chi connectivity index (χ1) is 16.3. The first-order valence-electron chi connectivity index (χ1n) is 10.0. The SMILES string of the molecule is Fc1cnc(N/N=C/c2cc(Br)c(Nc3cccc(C(F)(F)F)c3)cn2)nc1N1CCOCC1. The summed E-state index contributed by atoms with van der Waals surface area (Å²) in [6.07, 6.45) is -0.507. The van der Waals surface area contributed by atoms with Crippen LogP contribution in [0.3, 0.4) is 0 Å². The molecule has 0 spiro atoms. The molecular formula is C21H18BrF4N7O. The molecule has 178 valence electrons. The molecule has 0 bridgehead atoms. The van der Waals surface area contributed by atoms with Gasteiger partial charge in [0.2, 0.25) is 5.95 Å². The number of alkyl halides is 3. The van der Waals surface area contributed by atoms with Gasteiger partial charge in [-0.3, -0.25) is 4.98 Å². The predicted octanol–water partition coefficient (Wildman–Crippen LogP) is 4.82. The van der Waals surface area contributed by atoms with Crippen LogP contribution in [-0.2, 0) is 10.9 Å². The number of nitrogens with zero attached hydrogens (tertiary/aromatic N) is 5. The molecule has 0 radical (unpaired) electrons.